The fraction of sp³-hybridized carbons (Fsp3) is 0.292. The molecule has 158 valence electrons. The monoisotopic (exact) mass is 415 g/mol. The Hall–Kier alpha value is -3.61. The average Bonchev–Trinajstić information content (AvgIpc) is 3.32. The summed E-state index contributed by atoms with van der Waals surface area (Å²) in [7, 11) is 1.94. The first-order valence-electron chi connectivity index (χ1n) is 10.5. The molecule has 0 aliphatic carbocycles. The summed E-state index contributed by atoms with van der Waals surface area (Å²) in [5.74, 6) is 1.69. The van der Waals surface area contributed by atoms with E-state index in [0.29, 0.717) is 18.0 Å². The van der Waals surface area contributed by atoms with Crippen molar-refractivity contribution in [3.05, 3.63) is 64.8 Å². The Morgan fingerprint density at radius 1 is 1.26 bits per heavy atom. The molecule has 31 heavy (non-hydrogen) atoms. The lowest BCUT2D eigenvalue weighted by Crippen LogP contribution is -2.09. The van der Waals surface area contributed by atoms with Crippen LogP contribution in [0.25, 0.3) is 22.4 Å². The van der Waals surface area contributed by atoms with Gasteiger partial charge in [-0.3, -0.25) is 4.68 Å². The number of hydrogen-bond acceptors (Lipinski definition) is 6. The predicted molar refractivity (Wildman–Crippen MR) is 119 cm³/mol. The molecule has 2 N–H and O–H groups in total. The van der Waals surface area contributed by atoms with E-state index in [1.807, 2.05) is 30.9 Å². The Morgan fingerprint density at radius 2 is 2.10 bits per heavy atom. The maximum Gasteiger partial charge on any atom is 0.166 e. The molecule has 2 bridgehead atoms. The van der Waals surface area contributed by atoms with Gasteiger partial charge in [0, 0.05) is 53.7 Å². The van der Waals surface area contributed by atoms with Gasteiger partial charge in [-0.15, -0.1) is 0 Å². The average molecular weight is 415 g/mol. The summed E-state index contributed by atoms with van der Waals surface area (Å²) in [5, 5.41) is 9.12. The van der Waals surface area contributed by atoms with Gasteiger partial charge < -0.3 is 15.0 Å². The molecular formula is C24H25N5O2. The third-order valence-corrected chi connectivity index (χ3v) is 5.80. The van der Waals surface area contributed by atoms with Crippen molar-refractivity contribution in [3.8, 4) is 28.1 Å². The summed E-state index contributed by atoms with van der Waals surface area (Å²) < 4.78 is 14.0. The lowest BCUT2D eigenvalue weighted by Gasteiger charge is -2.21. The number of nitrogen functional groups attached to an aromatic ring is 1. The number of anilines is 1. The summed E-state index contributed by atoms with van der Waals surface area (Å²) in [4.78, 5) is 4.41. The number of aromatic nitrogens is 4. The highest BCUT2D eigenvalue weighted by Crippen LogP contribution is 2.39. The van der Waals surface area contributed by atoms with E-state index in [-0.39, 0.29) is 6.10 Å². The lowest BCUT2D eigenvalue weighted by atomic mass is 9.93. The normalized spacial score (nSPS) is 15.2. The molecule has 0 fully saturated rings. The van der Waals surface area contributed by atoms with E-state index in [4.69, 9.17) is 20.1 Å². The van der Waals surface area contributed by atoms with Gasteiger partial charge in [0.1, 0.15) is 11.9 Å². The second-order valence-corrected chi connectivity index (χ2v) is 8.09. The Kier molecular flexibility index (Phi) is 4.54. The molecule has 0 spiro atoms. The summed E-state index contributed by atoms with van der Waals surface area (Å²) in [6, 6.07) is 8.29. The number of fused-ring (bicyclic) bond motifs is 7. The zero-order valence-corrected chi connectivity index (χ0v) is 18.1. The summed E-state index contributed by atoms with van der Waals surface area (Å²) in [6.45, 7) is 6.17. The quantitative estimate of drug-likeness (QED) is 0.487. The van der Waals surface area contributed by atoms with E-state index in [0.717, 1.165) is 56.9 Å². The first-order valence-corrected chi connectivity index (χ1v) is 10.5. The molecule has 1 aliphatic heterocycles. The highest BCUT2D eigenvalue weighted by Gasteiger charge is 2.25. The minimum atomic E-state index is -0.240. The van der Waals surface area contributed by atoms with Gasteiger partial charge in [-0.25, -0.2) is 4.98 Å². The van der Waals surface area contributed by atoms with Crippen LogP contribution in [0, 0.1) is 6.92 Å². The van der Waals surface area contributed by atoms with Gasteiger partial charge >= 0.3 is 0 Å². The van der Waals surface area contributed by atoms with Crippen molar-refractivity contribution in [2.24, 2.45) is 7.05 Å². The number of aryl methyl sites for hydroxylation is 3. The van der Waals surface area contributed by atoms with Crippen LogP contribution in [0.2, 0.25) is 0 Å². The zero-order valence-electron chi connectivity index (χ0n) is 18.1. The van der Waals surface area contributed by atoms with E-state index in [9.17, 15) is 0 Å². The van der Waals surface area contributed by atoms with Gasteiger partial charge in [-0.05, 0) is 26.3 Å². The first-order chi connectivity index (χ1) is 14.9. The van der Waals surface area contributed by atoms with Crippen LogP contribution in [0.1, 0.15) is 48.1 Å². The highest BCUT2D eigenvalue weighted by molar-refractivity contribution is 5.73. The lowest BCUT2D eigenvalue weighted by molar-refractivity contribution is 0.228. The topological polar surface area (TPSA) is 92.0 Å². The maximum atomic E-state index is 6.35. The number of benzene rings is 1. The number of ether oxygens (including phenoxy) is 1. The van der Waals surface area contributed by atoms with Crippen molar-refractivity contribution in [2.75, 3.05) is 5.73 Å². The smallest absolute Gasteiger partial charge is 0.166 e. The van der Waals surface area contributed by atoms with Crippen LogP contribution in [-0.4, -0.2) is 19.9 Å². The third-order valence-electron chi connectivity index (χ3n) is 5.80. The van der Waals surface area contributed by atoms with E-state index < -0.39 is 0 Å². The van der Waals surface area contributed by atoms with E-state index in [1.54, 1.807) is 6.20 Å². The molecule has 1 atom stereocenters. The fourth-order valence-electron chi connectivity index (χ4n) is 4.29. The van der Waals surface area contributed by atoms with Crippen molar-refractivity contribution >= 4 is 5.82 Å². The molecule has 1 aliphatic rings. The molecule has 1 unspecified atom stereocenters. The van der Waals surface area contributed by atoms with Crippen LogP contribution < -0.4 is 10.5 Å². The Labute approximate surface area is 180 Å². The number of pyridine rings is 1. The van der Waals surface area contributed by atoms with Crippen LogP contribution in [0.15, 0.2) is 41.2 Å². The fourth-order valence-corrected chi connectivity index (χ4v) is 4.29. The Balaban J connectivity index is 1.81. The molecule has 7 heteroatoms. The SMILES string of the molecule is CCc1noc2c1-c1cnc(N)c(c1)OC(C)c1cc(C)ccc1-c1nn(C)cc1C2. The van der Waals surface area contributed by atoms with E-state index in [1.165, 1.54) is 0 Å². The predicted octanol–water partition coefficient (Wildman–Crippen LogP) is 4.63. The Morgan fingerprint density at radius 3 is 2.90 bits per heavy atom. The summed E-state index contributed by atoms with van der Waals surface area (Å²) in [6.07, 6.45) is 4.89. The molecule has 4 heterocycles. The first kappa shape index (κ1) is 19.4. The largest absolute Gasteiger partial charge is 0.482 e. The van der Waals surface area contributed by atoms with Gasteiger partial charge in [-0.2, -0.15) is 5.10 Å². The van der Waals surface area contributed by atoms with Crippen LogP contribution in [0.5, 0.6) is 5.75 Å². The maximum absolute atomic E-state index is 6.35. The van der Waals surface area contributed by atoms with E-state index >= 15 is 0 Å². The van der Waals surface area contributed by atoms with Crippen LogP contribution in [0.4, 0.5) is 5.82 Å². The number of rotatable bonds is 1. The number of nitrogens with two attached hydrogens (primary N) is 1. The minimum Gasteiger partial charge on any atom is -0.482 e. The molecule has 4 aromatic rings. The highest BCUT2D eigenvalue weighted by atomic mass is 16.5. The van der Waals surface area contributed by atoms with Crippen molar-refractivity contribution in [1.82, 2.24) is 19.9 Å². The van der Waals surface area contributed by atoms with Crippen LogP contribution in [-0.2, 0) is 19.9 Å². The van der Waals surface area contributed by atoms with E-state index in [2.05, 4.69) is 42.2 Å². The Bertz CT molecular complexity index is 1290. The standard InChI is InChI=1S/C24H25N5O2/c1-5-19-22-15-9-21(24(25)26-11-15)30-14(3)18-8-13(2)6-7-17(18)23-16(12-29(4)27-23)10-20(22)31-28-19/h6-9,11-12,14H,5,10H2,1-4H3,(H2,25,26). The molecule has 0 radical (unpaired) electrons. The second kappa shape index (κ2) is 7.27. The van der Waals surface area contributed by atoms with Gasteiger partial charge in [0.15, 0.2) is 11.6 Å². The summed E-state index contributed by atoms with van der Waals surface area (Å²) >= 11 is 0. The van der Waals surface area contributed by atoms with Crippen molar-refractivity contribution in [2.45, 2.75) is 39.7 Å². The second-order valence-electron chi connectivity index (χ2n) is 8.09. The van der Waals surface area contributed by atoms with Crippen molar-refractivity contribution in [3.63, 3.8) is 0 Å². The third kappa shape index (κ3) is 3.26. The van der Waals surface area contributed by atoms with Gasteiger partial charge in [0.2, 0.25) is 0 Å². The van der Waals surface area contributed by atoms with Crippen molar-refractivity contribution < 1.29 is 9.26 Å². The van der Waals surface area contributed by atoms with Gasteiger partial charge in [0.25, 0.3) is 0 Å². The van der Waals surface area contributed by atoms with Gasteiger partial charge in [0.05, 0.1) is 11.4 Å². The molecule has 7 nitrogen and oxygen atoms in total. The van der Waals surface area contributed by atoms with Gasteiger partial charge in [-0.1, -0.05) is 35.8 Å². The molecule has 0 saturated carbocycles. The van der Waals surface area contributed by atoms with Crippen LogP contribution in [0.3, 0.4) is 0 Å². The molecular weight excluding hydrogens is 390 g/mol. The minimum absolute atomic E-state index is 0.240. The molecule has 5 rings (SSSR count). The summed E-state index contributed by atoms with van der Waals surface area (Å²) in [5.41, 5.74) is 14.1. The van der Waals surface area contributed by atoms with Crippen molar-refractivity contribution in [1.29, 1.82) is 0 Å². The number of nitrogens with zero attached hydrogens (tertiary/aromatic N) is 4. The number of hydrogen-bond donors (Lipinski definition) is 1. The molecule has 0 amide bonds. The van der Waals surface area contributed by atoms with Crippen LogP contribution >= 0.6 is 0 Å². The zero-order chi connectivity index (χ0) is 21.7. The molecule has 0 saturated heterocycles. The molecule has 3 aromatic heterocycles. The molecule has 1 aromatic carbocycles.